The van der Waals surface area contributed by atoms with Gasteiger partial charge in [-0.25, -0.2) is 16.8 Å². The molecule has 0 aliphatic heterocycles. The largest absolute Gasteiger partial charge is 0.381 e. The molecular weight excluding hydrogens is 769 g/mol. The number of nitrogens with one attached hydrogen (secondary N) is 2. The fourth-order valence-electron chi connectivity index (χ4n) is 5.00. The summed E-state index contributed by atoms with van der Waals surface area (Å²) in [6.07, 6.45) is 1.63. The van der Waals surface area contributed by atoms with Gasteiger partial charge in [0.25, 0.3) is 31.6 Å². The van der Waals surface area contributed by atoms with Gasteiger partial charge in [-0.1, -0.05) is 30.8 Å². The van der Waals surface area contributed by atoms with E-state index in [1.54, 1.807) is 0 Å². The van der Waals surface area contributed by atoms with E-state index in [1.807, 2.05) is 0 Å². The van der Waals surface area contributed by atoms with Crippen LogP contribution in [0.1, 0.15) is 22.3 Å². The predicted octanol–water partition coefficient (Wildman–Crippen LogP) is 4.09. The van der Waals surface area contributed by atoms with Crippen LogP contribution in [0.2, 0.25) is 0 Å². The Morgan fingerprint density at radius 1 is 0.596 bits per heavy atom. The zero-order chi connectivity index (χ0) is 39.0. The predicted molar refractivity (Wildman–Crippen MR) is 188 cm³/mol. The van der Waals surface area contributed by atoms with E-state index in [4.69, 9.17) is 0 Å². The van der Waals surface area contributed by atoms with Crippen LogP contribution < -0.4 is 10.6 Å². The first-order valence-electron chi connectivity index (χ1n) is 14.2. The number of nitro benzene ring substituents is 2. The van der Waals surface area contributed by atoms with E-state index in [1.165, 1.54) is 36.4 Å². The van der Waals surface area contributed by atoms with E-state index < -0.39 is 80.7 Å². The Hall–Kier alpha value is -5.26. The van der Waals surface area contributed by atoms with Crippen LogP contribution >= 0.6 is 0 Å². The molecule has 0 saturated heterocycles. The molecule has 0 radical (unpaired) electrons. The second-order valence-electron chi connectivity index (χ2n) is 11.2. The quantitative estimate of drug-likeness (QED) is 0.0794. The molecule has 0 aliphatic rings. The molecule has 0 fully saturated rings. The van der Waals surface area contributed by atoms with Gasteiger partial charge in [0.2, 0.25) is 0 Å². The third-order valence-corrected chi connectivity index (χ3v) is 11.5. The van der Waals surface area contributed by atoms with Gasteiger partial charge in [-0.05, 0) is 53.1 Å². The SMILES string of the molecule is C=C(c1ccc(NCc2ccc(S(C)(=O)=O)c([N+](=O)[O-])c2)cc1S(=O)(=O)O)c1ccc(NCc2ccc(S(C)(=O)=O)c([N+](=O)[O-])c2)cc1S(=O)(=O)O. The summed E-state index contributed by atoms with van der Waals surface area (Å²) in [5.41, 5.74) is -1.53. The number of benzene rings is 4. The topological polar surface area (TPSA) is 287 Å². The van der Waals surface area contributed by atoms with Crippen LogP contribution in [-0.4, -0.2) is 65.1 Å². The Balaban J connectivity index is 1.65. The van der Waals surface area contributed by atoms with Crippen molar-refractivity contribution in [2.45, 2.75) is 32.7 Å². The minimum absolute atomic E-state index is 0.0679. The van der Waals surface area contributed by atoms with Crippen molar-refractivity contribution in [3.63, 3.8) is 0 Å². The standard InChI is InChI=1S/C30H28N4O14S4/c1-18(23-8-6-21(14-29(23)51(43,44)45)31-16-19-4-10-27(49(2,39)40)25(12-19)33(35)36)24-9-7-22(15-30(24)52(46,47)48)32-17-20-5-11-28(50(3,41)42)26(13-20)34(37)38/h4-15,31-32H,1,16-17H2,2-3H3,(H,43,44,45)(H,46,47,48). The summed E-state index contributed by atoms with van der Waals surface area (Å²) in [5, 5.41) is 28.5. The lowest BCUT2D eigenvalue weighted by Crippen LogP contribution is -2.09. The maximum absolute atomic E-state index is 12.5. The summed E-state index contributed by atoms with van der Waals surface area (Å²) in [6, 6.07) is 13.7. The number of anilines is 2. The Kier molecular flexibility index (Phi) is 10.9. The first kappa shape index (κ1) is 39.5. The molecule has 4 aromatic carbocycles. The maximum atomic E-state index is 12.5. The molecule has 22 heteroatoms. The minimum Gasteiger partial charge on any atom is -0.381 e. The average Bonchev–Trinajstić information content (AvgIpc) is 3.03. The number of hydrogen-bond donors (Lipinski definition) is 4. The molecule has 0 atom stereocenters. The monoisotopic (exact) mass is 796 g/mol. The molecule has 0 heterocycles. The Morgan fingerprint density at radius 2 is 0.942 bits per heavy atom. The van der Waals surface area contributed by atoms with Crippen LogP contribution in [0.15, 0.2) is 99.0 Å². The molecular formula is C30H28N4O14S4. The molecule has 276 valence electrons. The van der Waals surface area contributed by atoms with Crippen molar-refractivity contribution in [1.29, 1.82) is 0 Å². The summed E-state index contributed by atoms with van der Waals surface area (Å²) < 4.78 is 118. The number of rotatable bonds is 14. The highest BCUT2D eigenvalue weighted by Crippen LogP contribution is 2.35. The molecule has 18 nitrogen and oxygen atoms in total. The highest BCUT2D eigenvalue weighted by Gasteiger charge is 2.26. The first-order valence-corrected chi connectivity index (χ1v) is 20.9. The molecule has 4 N–H and O–H groups in total. The number of nitro groups is 2. The van der Waals surface area contributed by atoms with Crippen LogP contribution in [0.5, 0.6) is 0 Å². The third-order valence-electron chi connectivity index (χ3n) is 7.40. The van der Waals surface area contributed by atoms with E-state index in [9.17, 15) is 63.0 Å². The summed E-state index contributed by atoms with van der Waals surface area (Å²) in [4.78, 5) is 18.7. The molecule has 0 bridgehead atoms. The Bertz CT molecular complexity index is 2430. The van der Waals surface area contributed by atoms with Gasteiger partial charge < -0.3 is 10.6 Å². The van der Waals surface area contributed by atoms with E-state index in [0.29, 0.717) is 0 Å². The molecule has 4 aromatic rings. The molecule has 0 spiro atoms. The van der Waals surface area contributed by atoms with Gasteiger partial charge in [-0.15, -0.1) is 0 Å². The van der Waals surface area contributed by atoms with Crippen molar-refractivity contribution in [3.8, 4) is 0 Å². The molecule has 0 amide bonds. The lowest BCUT2D eigenvalue weighted by Gasteiger charge is -2.17. The van der Waals surface area contributed by atoms with Crippen molar-refractivity contribution < 1.29 is 52.6 Å². The van der Waals surface area contributed by atoms with Gasteiger partial charge in [0.05, 0.1) is 9.85 Å². The molecule has 0 aliphatic carbocycles. The van der Waals surface area contributed by atoms with Gasteiger partial charge in [-0.2, -0.15) is 16.8 Å². The van der Waals surface area contributed by atoms with E-state index in [0.717, 1.165) is 48.9 Å². The van der Waals surface area contributed by atoms with Gasteiger partial charge in [0.15, 0.2) is 19.7 Å². The van der Waals surface area contributed by atoms with Gasteiger partial charge >= 0.3 is 0 Å². The van der Waals surface area contributed by atoms with Gasteiger partial charge in [0.1, 0.15) is 19.6 Å². The summed E-state index contributed by atoms with van der Waals surface area (Å²) >= 11 is 0. The molecule has 4 rings (SSSR count). The maximum Gasteiger partial charge on any atom is 0.295 e. The summed E-state index contributed by atoms with van der Waals surface area (Å²) in [5.74, 6) is 0. The summed E-state index contributed by atoms with van der Waals surface area (Å²) in [6.45, 7) is 3.46. The van der Waals surface area contributed by atoms with E-state index in [-0.39, 0.29) is 52.3 Å². The fraction of sp³-hybridized carbons (Fsp3) is 0.133. The Morgan fingerprint density at radius 3 is 1.23 bits per heavy atom. The minimum atomic E-state index is -5.02. The average molecular weight is 797 g/mol. The molecule has 52 heavy (non-hydrogen) atoms. The van der Waals surface area contributed by atoms with Gasteiger partial charge in [-0.3, -0.25) is 29.3 Å². The number of nitrogens with zero attached hydrogens (tertiary/aromatic N) is 2. The van der Waals surface area contributed by atoms with Crippen LogP contribution in [0.25, 0.3) is 5.57 Å². The van der Waals surface area contributed by atoms with E-state index in [2.05, 4.69) is 17.2 Å². The fourth-order valence-corrected chi connectivity index (χ4v) is 8.15. The third kappa shape index (κ3) is 9.15. The second kappa shape index (κ2) is 14.4. The molecule has 0 saturated carbocycles. The normalized spacial score (nSPS) is 12.2. The zero-order valence-corrected chi connectivity index (χ0v) is 30.1. The highest BCUT2D eigenvalue weighted by molar-refractivity contribution is 7.91. The lowest BCUT2D eigenvalue weighted by atomic mass is 9.98. The van der Waals surface area contributed by atoms with Crippen molar-refractivity contribution >= 4 is 68.2 Å². The van der Waals surface area contributed by atoms with Crippen LogP contribution in [0.4, 0.5) is 22.7 Å². The van der Waals surface area contributed by atoms with Crippen LogP contribution in [0, 0.1) is 20.2 Å². The zero-order valence-electron chi connectivity index (χ0n) is 26.9. The van der Waals surface area contributed by atoms with Crippen molar-refractivity contribution in [3.05, 3.63) is 122 Å². The summed E-state index contributed by atoms with van der Waals surface area (Å²) in [7, 11) is -17.9. The van der Waals surface area contributed by atoms with E-state index >= 15 is 0 Å². The number of hydrogen-bond acceptors (Lipinski definition) is 14. The molecule has 0 unspecified atom stereocenters. The van der Waals surface area contributed by atoms with Crippen LogP contribution in [0.3, 0.4) is 0 Å². The van der Waals surface area contributed by atoms with Crippen molar-refractivity contribution in [2.24, 2.45) is 0 Å². The number of sulfone groups is 2. The van der Waals surface area contributed by atoms with Crippen molar-refractivity contribution in [2.75, 3.05) is 23.1 Å². The van der Waals surface area contributed by atoms with Crippen molar-refractivity contribution in [1.82, 2.24) is 0 Å². The smallest absolute Gasteiger partial charge is 0.295 e. The molecule has 0 aromatic heterocycles. The van der Waals surface area contributed by atoms with Gasteiger partial charge in [0, 0.05) is 60.2 Å². The second-order valence-corrected chi connectivity index (χ2v) is 18.0. The first-order chi connectivity index (χ1) is 23.9. The highest BCUT2D eigenvalue weighted by atomic mass is 32.2. The van der Waals surface area contributed by atoms with Crippen LogP contribution in [-0.2, 0) is 53.0 Å². The Labute approximate surface area is 297 Å². The lowest BCUT2D eigenvalue weighted by molar-refractivity contribution is -0.388.